The number of allylic oxidation sites excluding steroid dienone is 1. The molecule has 2 saturated carbocycles. The topological polar surface area (TPSA) is 43.7 Å². The number of phenols is 1. The molecule has 0 heterocycles. The minimum absolute atomic E-state index is 0.00863. The molecule has 0 radical (unpaired) electrons. The van der Waals surface area contributed by atoms with Crippen LogP contribution in [0.3, 0.4) is 0 Å². The van der Waals surface area contributed by atoms with E-state index in [2.05, 4.69) is 44.6 Å². The summed E-state index contributed by atoms with van der Waals surface area (Å²) < 4.78 is 0. The summed E-state index contributed by atoms with van der Waals surface area (Å²) in [5.74, 6) is 1.94. The Morgan fingerprint density at radius 1 is 1.16 bits per heavy atom. The maximum Gasteiger partial charge on any atom is 0.115 e. The lowest BCUT2D eigenvalue weighted by atomic mass is 9.44. The zero-order valence-electron chi connectivity index (χ0n) is 19.9. The lowest BCUT2D eigenvalue weighted by Gasteiger charge is -2.60. The van der Waals surface area contributed by atoms with Gasteiger partial charge in [0.05, 0.1) is 6.10 Å². The van der Waals surface area contributed by atoms with Gasteiger partial charge in [-0.1, -0.05) is 38.3 Å². The first-order chi connectivity index (χ1) is 14.8. The number of aryl methyl sites for hydroxylation is 1. The van der Waals surface area contributed by atoms with Gasteiger partial charge in [0.1, 0.15) is 5.75 Å². The second-order valence-electron chi connectivity index (χ2n) is 11.3. The van der Waals surface area contributed by atoms with Gasteiger partial charge in [0.25, 0.3) is 0 Å². The quantitative estimate of drug-likeness (QED) is 0.402. The van der Waals surface area contributed by atoms with Crippen LogP contribution in [0.5, 0.6) is 5.75 Å². The van der Waals surface area contributed by atoms with Gasteiger partial charge in [-0.15, -0.1) is 6.58 Å². The first-order valence-electron chi connectivity index (χ1n) is 12.6. The third-order valence-corrected chi connectivity index (χ3v) is 9.29. The second-order valence-corrected chi connectivity index (χ2v) is 11.3. The molecule has 0 unspecified atom stereocenters. The number of hydrogen-bond acceptors (Lipinski definition) is 3. The van der Waals surface area contributed by atoms with Crippen LogP contribution in [0, 0.1) is 22.7 Å². The van der Waals surface area contributed by atoms with E-state index >= 15 is 0 Å². The van der Waals surface area contributed by atoms with E-state index in [9.17, 15) is 10.2 Å². The molecule has 2 fully saturated rings. The fraction of sp³-hybridized carbons (Fsp3) is 0.714. The van der Waals surface area contributed by atoms with Crippen molar-refractivity contribution in [3.63, 3.8) is 0 Å². The highest BCUT2D eigenvalue weighted by Crippen LogP contribution is 2.69. The monoisotopic (exact) mass is 425 g/mol. The van der Waals surface area contributed by atoms with Crippen LogP contribution in [0.4, 0.5) is 0 Å². The highest BCUT2D eigenvalue weighted by molar-refractivity contribution is 5.43. The molecule has 3 aliphatic rings. The number of unbranched alkanes of at least 4 members (excludes halogenated alkanes) is 3. The molecule has 0 saturated heterocycles. The fourth-order valence-electron chi connectivity index (χ4n) is 7.88. The number of aliphatic hydroxyl groups is 1. The predicted octanol–water partition coefficient (Wildman–Crippen LogP) is 5.90. The number of rotatable bonds is 8. The van der Waals surface area contributed by atoms with Gasteiger partial charge in [0, 0.05) is 0 Å². The SMILES string of the molecule is C=C[C@@]12CCc3cc(O)ccc3[C@H]1[C@@H](CCCCCCN(C)C)C[C@@]1(C)[C@H]2CC[C@@H]1O. The van der Waals surface area contributed by atoms with Crippen LogP contribution in [-0.2, 0) is 6.42 Å². The molecule has 0 spiro atoms. The summed E-state index contributed by atoms with van der Waals surface area (Å²) in [5, 5.41) is 21.2. The highest BCUT2D eigenvalue weighted by atomic mass is 16.3. The number of nitrogens with zero attached hydrogens (tertiary/aromatic N) is 1. The summed E-state index contributed by atoms with van der Waals surface area (Å²) in [7, 11) is 4.30. The summed E-state index contributed by atoms with van der Waals surface area (Å²) in [4.78, 5) is 2.27. The van der Waals surface area contributed by atoms with E-state index < -0.39 is 0 Å². The Balaban J connectivity index is 1.61. The van der Waals surface area contributed by atoms with Crippen molar-refractivity contribution in [1.29, 1.82) is 0 Å². The van der Waals surface area contributed by atoms with E-state index in [1.807, 2.05) is 12.1 Å². The molecule has 0 aliphatic heterocycles. The number of hydrogen-bond donors (Lipinski definition) is 2. The third-order valence-electron chi connectivity index (χ3n) is 9.29. The van der Waals surface area contributed by atoms with Crippen LogP contribution < -0.4 is 0 Å². The van der Waals surface area contributed by atoms with Gasteiger partial charge in [0.15, 0.2) is 0 Å². The highest BCUT2D eigenvalue weighted by Gasteiger charge is 2.63. The van der Waals surface area contributed by atoms with Gasteiger partial charge in [0.2, 0.25) is 0 Å². The van der Waals surface area contributed by atoms with Crippen molar-refractivity contribution < 1.29 is 10.2 Å². The Morgan fingerprint density at radius 3 is 2.68 bits per heavy atom. The summed E-state index contributed by atoms with van der Waals surface area (Å²) in [6, 6.07) is 6.08. The van der Waals surface area contributed by atoms with Crippen LogP contribution >= 0.6 is 0 Å². The minimum atomic E-state index is -0.181. The van der Waals surface area contributed by atoms with Crippen molar-refractivity contribution in [3.05, 3.63) is 42.0 Å². The summed E-state index contributed by atoms with van der Waals surface area (Å²) in [6.45, 7) is 7.95. The van der Waals surface area contributed by atoms with E-state index in [0.29, 0.717) is 23.5 Å². The Morgan fingerprint density at radius 2 is 1.94 bits per heavy atom. The van der Waals surface area contributed by atoms with E-state index in [1.165, 1.54) is 49.8 Å². The van der Waals surface area contributed by atoms with E-state index in [-0.39, 0.29) is 16.9 Å². The molecule has 2 N–H and O–H groups in total. The lowest BCUT2D eigenvalue weighted by molar-refractivity contribution is -0.0812. The van der Waals surface area contributed by atoms with Crippen molar-refractivity contribution in [2.24, 2.45) is 22.7 Å². The molecule has 1 aromatic rings. The van der Waals surface area contributed by atoms with E-state index in [0.717, 1.165) is 32.1 Å². The van der Waals surface area contributed by atoms with Crippen molar-refractivity contribution in [3.8, 4) is 5.75 Å². The molecule has 1 aromatic carbocycles. The fourth-order valence-corrected chi connectivity index (χ4v) is 7.88. The minimum Gasteiger partial charge on any atom is -0.508 e. The van der Waals surface area contributed by atoms with Crippen molar-refractivity contribution in [1.82, 2.24) is 4.90 Å². The Hall–Kier alpha value is -1.32. The molecule has 3 nitrogen and oxygen atoms in total. The van der Waals surface area contributed by atoms with Crippen LogP contribution in [0.25, 0.3) is 0 Å². The Bertz CT molecular complexity index is 789. The van der Waals surface area contributed by atoms with Crippen molar-refractivity contribution in [2.45, 2.75) is 83.2 Å². The number of fused-ring (bicyclic) bond motifs is 5. The molecule has 172 valence electrons. The van der Waals surface area contributed by atoms with Gasteiger partial charge < -0.3 is 15.1 Å². The standard InChI is InChI=1S/C28H43NO2/c1-5-28-16-15-20-18-22(30)11-12-23(20)26(28)21(10-8-6-7-9-17-29(3)4)19-27(2)24(28)13-14-25(27)31/h5,11-12,18,21,24-26,30-31H,1,6-10,13-17,19H2,2-4H3/t21-,24+,25-,26+,27-,28-/m0/s1. The van der Waals surface area contributed by atoms with Gasteiger partial charge in [-0.2, -0.15) is 0 Å². The summed E-state index contributed by atoms with van der Waals surface area (Å²) in [6.07, 6.45) is 13.8. The van der Waals surface area contributed by atoms with Crippen LogP contribution in [0.1, 0.15) is 81.8 Å². The average Bonchev–Trinajstić information content (AvgIpc) is 3.04. The van der Waals surface area contributed by atoms with E-state index in [4.69, 9.17) is 0 Å². The largest absolute Gasteiger partial charge is 0.508 e. The Kier molecular flexibility index (Phi) is 6.57. The molecular weight excluding hydrogens is 382 g/mol. The molecule has 3 aliphatic carbocycles. The van der Waals surface area contributed by atoms with Crippen LogP contribution in [0.15, 0.2) is 30.9 Å². The number of aliphatic hydroxyl groups excluding tert-OH is 1. The third kappa shape index (κ3) is 3.97. The molecule has 6 atom stereocenters. The normalized spacial score (nSPS) is 36.7. The van der Waals surface area contributed by atoms with Gasteiger partial charge >= 0.3 is 0 Å². The maximum atomic E-state index is 11.1. The van der Waals surface area contributed by atoms with Crippen molar-refractivity contribution >= 4 is 0 Å². The van der Waals surface area contributed by atoms with Gasteiger partial charge in [-0.05, 0) is 117 Å². The Labute approximate surface area is 189 Å². The smallest absolute Gasteiger partial charge is 0.115 e. The number of aromatic hydroxyl groups is 1. The molecule has 0 amide bonds. The zero-order valence-corrected chi connectivity index (χ0v) is 19.9. The molecule has 0 bridgehead atoms. The van der Waals surface area contributed by atoms with Gasteiger partial charge in [-0.25, -0.2) is 0 Å². The van der Waals surface area contributed by atoms with Crippen LogP contribution in [-0.4, -0.2) is 41.9 Å². The molecular formula is C28H43NO2. The molecule has 0 aromatic heterocycles. The zero-order chi connectivity index (χ0) is 22.2. The van der Waals surface area contributed by atoms with Crippen molar-refractivity contribution in [2.75, 3.05) is 20.6 Å². The van der Waals surface area contributed by atoms with Crippen LogP contribution in [0.2, 0.25) is 0 Å². The van der Waals surface area contributed by atoms with Gasteiger partial charge in [-0.3, -0.25) is 0 Å². The summed E-state index contributed by atoms with van der Waals surface area (Å²) >= 11 is 0. The summed E-state index contributed by atoms with van der Waals surface area (Å²) in [5.41, 5.74) is 2.87. The average molecular weight is 426 g/mol. The lowest BCUT2D eigenvalue weighted by Crippen LogP contribution is -2.54. The first kappa shape index (κ1) is 22.9. The molecule has 4 rings (SSSR count). The molecule has 31 heavy (non-hydrogen) atoms. The second kappa shape index (κ2) is 8.90. The van der Waals surface area contributed by atoms with E-state index in [1.54, 1.807) is 0 Å². The maximum absolute atomic E-state index is 11.1. The first-order valence-corrected chi connectivity index (χ1v) is 12.6. The predicted molar refractivity (Wildman–Crippen MR) is 128 cm³/mol. The number of phenolic OH excluding ortho intramolecular Hbond substituents is 1. The molecule has 3 heteroatoms. The number of benzene rings is 1.